The molecule has 1 heterocycles. The van der Waals surface area contributed by atoms with Gasteiger partial charge in [-0.05, 0) is 12.1 Å². The number of aliphatic hydroxyl groups excluding tert-OH is 5. The molecule has 114 valence electrons. The minimum absolute atomic E-state index is 0.0375. The van der Waals surface area contributed by atoms with Crippen molar-refractivity contribution in [3.8, 4) is 5.69 Å². The molecule has 0 fully saturated rings. The molecule has 1 aromatic carbocycles. The van der Waals surface area contributed by atoms with Gasteiger partial charge in [-0.25, -0.2) is 0 Å². The molecule has 0 saturated carbocycles. The predicted molar refractivity (Wildman–Crippen MR) is 71.4 cm³/mol. The molecule has 8 heteroatoms. The van der Waals surface area contributed by atoms with Crippen molar-refractivity contribution >= 4 is 0 Å². The first kappa shape index (κ1) is 15.5. The van der Waals surface area contributed by atoms with Crippen molar-refractivity contribution in [2.75, 3.05) is 6.61 Å². The summed E-state index contributed by atoms with van der Waals surface area (Å²) >= 11 is 0. The fourth-order valence-electron chi connectivity index (χ4n) is 1.79. The minimum Gasteiger partial charge on any atom is -0.394 e. The van der Waals surface area contributed by atoms with Crippen molar-refractivity contribution in [2.24, 2.45) is 0 Å². The maximum absolute atomic E-state index is 9.95. The van der Waals surface area contributed by atoms with Crippen molar-refractivity contribution in [1.29, 1.82) is 0 Å². The third-order valence-electron chi connectivity index (χ3n) is 3.05. The van der Waals surface area contributed by atoms with Crippen LogP contribution in [0.15, 0.2) is 36.5 Å². The molecule has 0 radical (unpaired) electrons. The Balaban J connectivity index is 2.14. The Kier molecular flexibility index (Phi) is 4.99. The van der Waals surface area contributed by atoms with Crippen LogP contribution in [0.2, 0.25) is 0 Å². The highest BCUT2D eigenvalue weighted by atomic mass is 16.4. The number of hydrogen-bond acceptors (Lipinski definition) is 7. The first-order valence-corrected chi connectivity index (χ1v) is 6.35. The van der Waals surface area contributed by atoms with Crippen molar-refractivity contribution in [2.45, 2.75) is 24.4 Å². The highest BCUT2D eigenvalue weighted by molar-refractivity contribution is 5.28. The Labute approximate surface area is 120 Å². The van der Waals surface area contributed by atoms with Gasteiger partial charge < -0.3 is 25.5 Å². The molecular weight excluding hydrogens is 278 g/mol. The largest absolute Gasteiger partial charge is 0.394 e. The van der Waals surface area contributed by atoms with Crippen LogP contribution >= 0.6 is 0 Å². The van der Waals surface area contributed by atoms with Gasteiger partial charge in [-0.2, -0.15) is 15.0 Å². The minimum atomic E-state index is -1.70. The molecule has 0 amide bonds. The molecule has 0 aliphatic rings. The molecule has 8 nitrogen and oxygen atoms in total. The second-order valence-electron chi connectivity index (χ2n) is 4.57. The number of para-hydroxylation sites is 1. The number of nitrogens with zero attached hydrogens (tertiary/aromatic N) is 3. The normalized spacial score (nSPS) is 17.2. The highest BCUT2D eigenvalue weighted by Gasteiger charge is 2.32. The lowest BCUT2D eigenvalue weighted by atomic mass is 10.0. The smallest absolute Gasteiger partial charge is 0.128 e. The van der Waals surface area contributed by atoms with E-state index < -0.39 is 31.0 Å². The Morgan fingerprint density at radius 2 is 1.67 bits per heavy atom. The molecule has 0 spiro atoms. The SMILES string of the molecule is OC[C@@H](O)[C@@H](O)[C@@H](O)[C@H](O)c1cnn(-c2ccccc2)n1. The predicted octanol–water partition coefficient (Wildman–Crippen LogP) is -1.62. The van der Waals surface area contributed by atoms with Crippen molar-refractivity contribution in [3.63, 3.8) is 0 Å². The van der Waals surface area contributed by atoms with E-state index in [1.165, 1.54) is 11.0 Å². The van der Waals surface area contributed by atoms with Gasteiger partial charge in [0.15, 0.2) is 0 Å². The summed E-state index contributed by atoms with van der Waals surface area (Å²) in [6.45, 7) is -0.734. The van der Waals surface area contributed by atoms with E-state index in [2.05, 4.69) is 10.2 Å². The molecule has 0 aliphatic carbocycles. The summed E-state index contributed by atoms with van der Waals surface area (Å²) in [5.74, 6) is 0. The van der Waals surface area contributed by atoms with Crippen LogP contribution in [0.5, 0.6) is 0 Å². The van der Waals surface area contributed by atoms with Gasteiger partial charge in [0.1, 0.15) is 30.1 Å². The number of benzene rings is 1. The summed E-state index contributed by atoms with van der Waals surface area (Å²) in [5, 5.41) is 55.2. The average Bonchev–Trinajstić information content (AvgIpc) is 3.02. The van der Waals surface area contributed by atoms with Gasteiger partial charge in [0.05, 0.1) is 18.5 Å². The second-order valence-corrected chi connectivity index (χ2v) is 4.57. The van der Waals surface area contributed by atoms with Gasteiger partial charge in [0.2, 0.25) is 0 Å². The fourth-order valence-corrected chi connectivity index (χ4v) is 1.79. The van der Waals surface area contributed by atoms with Gasteiger partial charge in [-0.15, -0.1) is 0 Å². The highest BCUT2D eigenvalue weighted by Crippen LogP contribution is 2.18. The molecule has 0 saturated heterocycles. The maximum atomic E-state index is 9.95. The molecule has 0 aliphatic heterocycles. The third-order valence-corrected chi connectivity index (χ3v) is 3.05. The van der Waals surface area contributed by atoms with E-state index in [1.807, 2.05) is 6.07 Å². The van der Waals surface area contributed by atoms with Crippen LogP contribution in [0.3, 0.4) is 0 Å². The summed E-state index contributed by atoms with van der Waals surface area (Å²) in [7, 11) is 0. The maximum Gasteiger partial charge on any atom is 0.128 e. The first-order chi connectivity index (χ1) is 10.0. The quantitative estimate of drug-likeness (QED) is 0.432. The van der Waals surface area contributed by atoms with Crippen LogP contribution in [0.1, 0.15) is 11.8 Å². The summed E-state index contributed by atoms with van der Waals surface area (Å²) < 4.78 is 0. The Morgan fingerprint density at radius 3 is 2.29 bits per heavy atom. The summed E-state index contributed by atoms with van der Waals surface area (Å²) in [6.07, 6.45) is -5.25. The van der Waals surface area contributed by atoms with E-state index in [-0.39, 0.29) is 5.69 Å². The Bertz CT molecular complexity index is 562. The zero-order chi connectivity index (χ0) is 15.4. The van der Waals surface area contributed by atoms with Crippen LogP contribution in [-0.4, -0.2) is 65.4 Å². The molecule has 1 aromatic heterocycles. The Morgan fingerprint density at radius 1 is 1.00 bits per heavy atom. The van der Waals surface area contributed by atoms with E-state index in [0.717, 1.165) is 0 Å². The van der Waals surface area contributed by atoms with Crippen LogP contribution in [0, 0.1) is 0 Å². The van der Waals surface area contributed by atoms with Gasteiger partial charge in [-0.1, -0.05) is 18.2 Å². The summed E-state index contributed by atoms with van der Waals surface area (Å²) in [6, 6.07) is 8.95. The monoisotopic (exact) mass is 295 g/mol. The van der Waals surface area contributed by atoms with E-state index in [4.69, 9.17) is 5.11 Å². The standard InChI is InChI=1S/C13H17N3O5/c17-7-10(18)12(20)13(21)11(19)9-6-14-16(15-9)8-4-2-1-3-5-8/h1-6,10-13,17-21H,7H2/t10-,11-,12-,13+/m1/s1. The first-order valence-electron chi connectivity index (χ1n) is 6.35. The lowest BCUT2D eigenvalue weighted by Crippen LogP contribution is -2.42. The fraction of sp³-hybridized carbons (Fsp3) is 0.385. The van der Waals surface area contributed by atoms with Gasteiger partial charge >= 0.3 is 0 Å². The summed E-state index contributed by atoms with van der Waals surface area (Å²) in [4.78, 5) is 1.26. The number of aromatic nitrogens is 3. The Hall–Kier alpha value is -1.84. The molecular formula is C13H17N3O5. The van der Waals surface area contributed by atoms with Crippen molar-refractivity contribution < 1.29 is 25.5 Å². The van der Waals surface area contributed by atoms with E-state index in [1.54, 1.807) is 24.3 Å². The molecule has 0 bridgehead atoms. The lowest BCUT2D eigenvalue weighted by molar-refractivity contribution is -0.117. The van der Waals surface area contributed by atoms with Crippen molar-refractivity contribution in [1.82, 2.24) is 15.0 Å². The van der Waals surface area contributed by atoms with Crippen molar-refractivity contribution in [3.05, 3.63) is 42.2 Å². The molecule has 2 aromatic rings. The second kappa shape index (κ2) is 6.74. The van der Waals surface area contributed by atoms with Gasteiger partial charge in [-0.3, -0.25) is 0 Å². The van der Waals surface area contributed by atoms with Gasteiger partial charge in [0.25, 0.3) is 0 Å². The lowest BCUT2D eigenvalue weighted by Gasteiger charge is -2.24. The molecule has 4 atom stereocenters. The topological polar surface area (TPSA) is 132 Å². The number of rotatable bonds is 6. The molecule has 2 rings (SSSR count). The number of hydrogen-bond donors (Lipinski definition) is 5. The van der Waals surface area contributed by atoms with Crippen LogP contribution in [-0.2, 0) is 0 Å². The molecule has 0 unspecified atom stereocenters. The van der Waals surface area contributed by atoms with E-state index in [0.29, 0.717) is 5.69 Å². The van der Waals surface area contributed by atoms with Crippen LogP contribution < -0.4 is 0 Å². The van der Waals surface area contributed by atoms with Crippen LogP contribution in [0.4, 0.5) is 0 Å². The summed E-state index contributed by atoms with van der Waals surface area (Å²) in [5.41, 5.74) is 0.705. The molecule has 5 N–H and O–H groups in total. The van der Waals surface area contributed by atoms with E-state index >= 15 is 0 Å². The van der Waals surface area contributed by atoms with Crippen LogP contribution in [0.25, 0.3) is 5.69 Å². The zero-order valence-electron chi connectivity index (χ0n) is 11.1. The number of aliphatic hydroxyl groups is 5. The zero-order valence-corrected chi connectivity index (χ0v) is 11.1. The van der Waals surface area contributed by atoms with Gasteiger partial charge in [0, 0.05) is 0 Å². The van der Waals surface area contributed by atoms with E-state index in [9.17, 15) is 20.4 Å². The third kappa shape index (κ3) is 3.43. The average molecular weight is 295 g/mol. The molecule has 21 heavy (non-hydrogen) atoms.